The zero-order valence-corrected chi connectivity index (χ0v) is 17.7. The maximum Gasteiger partial charge on any atom is 0.211 e. The summed E-state index contributed by atoms with van der Waals surface area (Å²) in [4.78, 5) is 5.95. The van der Waals surface area contributed by atoms with Crippen molar-refractivity contribution >= 4 is 27.7 Å². The number of guanidine groups is 1. The number of sulfonamides is 1. The summed E-state index contributed by atoms with van der Waals surface area (Å²) in [6.45, 7) is 7.46. The van der Waals surface area contributed by atoms with Crippen molar-refractivity contribution in [3.63, 3.8) is 0 Å². The SMILES string of the molecule is CCNC(=NCc1ccc(C)cc1SC)NCC1CCN(S(C)(=O)=O)C1. The molecule has 1 saturated heterocycles. The molecule has 1 fully saturated rings. The summed E-state index contributed by atoms with van der Waals surface area (Å²) in [7, 11) is -3.08. The summed E-state index contributed by atoms with van der Waals surface area (Å²) in [6, 6.07) is 6.44. The van der Waals surface area contributed by atoms with Crippen molar-refractivity contribution < 1.29 is 8.42 Å². The van der Waals surface area contributed by atoms with Gasteiger partial charge in [-0.15, -0.1) is 11.8 Å². The van der Waals surface area contributed by atoms with E-state index in [-0.39, 0.29) is 0 Å². The van der Waals surface area contributed by atoms with Crippen LogP contribution in [0.1, 0.15) is 24.5 Å². The molecule has 0 saturated carbocycles. The van der Waals surface area contributed by atoms with Gasteiger partial charge in [-0.05, 0) is 49.6 Å². The fourth-order valence-electron chi connectivity index (χ4n) is 2.99. The molecular formula is C18H30N4O2S2. The molecule has 1 aliphatic rings. The van der Waals surface area contributed by atoms with E-state index in [4.69, 9.17) is 4.99 Å². The first-order valence-corrected chi connectivity index (χ1v) is 12.0. The fourth-order valence-corrected chi connectivity index (χ4v) is 4.61. The van der Waals surface area contributed by atoms with Gasteiger partial charge in [-0.3, -0.25) is 0 Å². The molecule has 0 aliphatic carbocycles. The third-order valence-corrected chi connectivity index (χ3v) is 6.56. The Labute approximate surface area is 161 Å². The lowest BCUT2D eigenvalue weighted by Crippen LogP contribution is -2.40. The van der Waals surface area contributed by atoms with Gasteiger partial charge in [0.25, 0.3) is 0 Å². The number of aliphatic imine (C=N–C) groups is 1. The van der Waals surface area contributed by atoms with Gasteiger partial charge in [0.2, 0.25) is 10.0 Å². The minimum Gasteiger partial charge on any atom is -0.357 e. The van der Waals surface area contributed by atoms with Gasteiger partial charge in [0.15, 0.2) is 5.96 Å². The van der Waals surface area contributed by atoms with Crippen LogP contribution in [-0.4, -0.2) is 57.4 Å². The van der Waals surface area contributed by atoms with Crippen LogP contribution in [0.15, 0.2) is 28.1 Å². The van der Waals surface area contributed by atoms with E-state index in [1.807, 2.05) is 6.92 Å². The van der Waals surface area contributed by atoms with Crippen molar-refractivity contribution in [1.82, 2.24) is 14.9 Å². The quantitative estimate of drug-likeness (QED) is 0.418. The van der Waals surface area contributed by atoms with Crippen LogP contribution in [0.4, 0.5) is 0 Å². The van der Waals surface area contributed by atoms with Gasteiger partial charge >= 0.3 is 0 Å². The summed E-state index contributed by atoms with van der Waals surface area (Å²) < 4.78 is 24.8. The molecule has 8 heteroatoms. The number of benzene rings is 1. The lowest BCUT2D eigenvalue weighted by atomic mass is 10.1. The second-order valence-corrected chi connectivity index (χ2v) is 9.50. The average molecular weight is 399 g/mol. The normalized spacial score (nSPS) is 18.9. The molecule has 1 aromatic carbocycles. The molecule has 0 spiro atoms. The van der Waals surface area contributed by atoms with Crippen LogP contribution < -0.4 is 10.6 Å². The van der Waals surface area contributed by atoms with E-state index >= 15 is 0 Å². The Kier molecular flexibility index (Phi) is 7.79. The standard InChI is InChI=1S/C18H30N4O2S2/c1-5-19-18(20-11-15-8-9-22(13-15)26(4,23)24)21-12-16-7-6-14(2)10-17(16)25-3/h6-7,10,15H,5,8-9,11-13H2,1-4H3,(H2,19,20,21). The molecule has 146 valence electrons. The van der Waals surface area contributed by atoms with E-state index in [9.17, 15) is 8.42 Å². The number of nitrogens with one attached hydrogen (secondary N) is 2. The summed E-state index contributed by atoms with van der Waals surface area (Å²) in [6.07, 6.45) is 4.24. The molecule has 1 atom stereocenters. The number of aryl methyl sites for hydroxylation is 1. The summed E-state index contributed by atoms with van der Waals surface area (Å²) in [5.41, 5.74) is 2.47. The Hall–Kier alpha value is -1.25. The van der Waals surface area contributed by atoms with Crippen LogP contribution in [0, 0.1) is 12.8 Å². The highest BCUT2D eigenvalue weighted by molar-refractivity contribution is 7.98. The van der Waals surface area contributed by atoms with E-state index in [1.165, 1.54) is 22.3 Å². The Morgan fingerprint density at radius 1 is 1.38 bits per heavy atom. The third-order valence-electron chi connectivity index (χ3n) is 4.47. The first-order valence-electron chi connectivity index (χ1n) is 8.94. The smallest absolute Gasteiger partial charge is 0.211 e. The van der Waals surface area contributed by atoms with E-state index in [0.717, 1.165) is 25.5 Å². The van der Waals surface area contributed by atoms with Gasteiger partial charge in [-0.25, -0.2) is 17.7 Å². The highest BCUT2D eigenvalue weighted by Gasteiger charge is 2.28. The van der Waals surface area contributed by atoms with Crippen molar-refractivity contribution in [2.45, 2.75) is 31.7 Å². The Balaban J connectivity index is 1.95. The van der Waals surface area contributed by atoms with Crippen molar-refractivity contribution in [2.24, 2.45) is 10.9 Å². The molecule has 6 nitrogen and oxygen atoms in total. The van der Waals surface area contributed by atoms with Crippen LogP contribution in [-0.2, 0) is 16.6 Å². The number of thioether (sulfide) groups is 1. The Morgan fingerprint density at radius 3 is 2.77 bits per heavy atom. The van der Waals surface area contributed by atoms with E-state index in [1.54, 1.807) is 16.1 Å². The molecule has 26 heavy (non-hydrogen) atoms. The van der Waals surface area contributed by atoms with E-state index in [0.29, 0.717) is 25.6 Å². The third kappa shape index (κ3) is 6.17. The summed E-state index contributed by atoms with van der Waals surface area (Å²) >= 11 is 1.74. The molecule has 0 amide bonds. The van der Waals surface area contributed by atoms with Crippen molar-refractivity contribution in [3.8, 4) is 0 Å². The van der Waals surface area contributed by atoms with Gasteiger partial charge < -0.3 is 10.6 Å². The first-order chi connectivity index (χ1) is 12.3. The minimum absolute atomic E-state index is 0.315. The van der Waals surface area contributed by atoms with E-state index < -0.39 is 10.0 Å². The first kappa shape index (κ1) is 21.1. The van der Waals surface area contributed by atoms with E-state index in [2.05, 4.69) is 42.0 Å². The van der Waals surface area contributed by atoms with Crippen LogP contribution >= 0.6 is 11.8 Å². The number of hydrogen-bond donors (Lipinski definition) is 2. The predicted octanol–water partition coefficient (Wildman–Crippen LogP) is 2.05. The lowest BCUT2D eigenvalue weighted by molar-refractivity contribution is 0.459. The number of hydrogen-bond acceptors (Lipinski definition) is 4. The number of nitrogens with zero attached hydrogens (tertiary/aromatic N) is 2. The van der Waals surface area contributed by atoms with Gasteiger partial charge in [-0.1, -0.05) is 12.1 Å². The number of rotatable bonds is 7. The fraction of sp³-hybridized carbons (Fsp3) is 0.611. The van der Waals surface area contributed by atoms with Gasteiger partial charge in [0.05, 0.1) is 12.8 Å². The van der Waals surface area contributed by atoms with Crippen molar-refractivity contribution in [3.05, 3.63) is 29.3 Å². The van der Waals surface area contributed by atoms with Gasteiger partial charge in [0, 0.05) is 31.1 Å². The van der Waals surface area contributed by atoms with Crippen molar-refractivity contribution in [1.29, 1.82) is 0 Å². The summed E-state index contributed by atoms with van der Waals surface area (Å²) in [5.74, 6) is 1.09. The van der Waals surface area contributed by atoms with Crippen LogP contribution in [0.25, 0.3) is 0 Å². The zero-order chi connectivity index (χ0) is 19.2. The second-order valence-electron chi connectivity index (χ2n) is 6.67. The molecule has 1 unspecified atom stereocenters. The highest BCUT2D eigenvalue weighted by Crippen LogP contribution is 2.22. The maximum atomic E-state index is 11.6. The Bertz CT molecular complexity index is 735. The largest absolute Gasteiger partial charge is 0.357 e. The molecule has 0 aromatic heterocycles. The van der Waals surface area contributed by atoms with Crippen LogP contribution in [0.2, 0.25) is 0 Å². The van der Waals surface area contributed by atoms with Crippen LogP contribution in [0.5, 0.6) is 0 Å². The highest BCUT2D eigenvalue weighted by atomic mass is 32.2. The predicted molar refractivity (Wildman–Crippen MR) is 110 cm³/mol. The molecule has 2 rings (SSSR count). The lowest BCUT2D eigenvalue weighted by Gasteiger charge is -2.16. The molecular weight excluding hydrogens is 368 g/mol. The second kappa shape index (κ2) is 9.62. The molecule has 1 heterocycles. The van der Waals surface area contributed by atoms with Crippen molar-refractivity contribution in [2.75, 3.05) is 38.7 Å². The molecule has 1 aliphatic heterocycles. The molecule has 2 N–H and O–H groups in total. The average Bonchev–Trinajstić information content (AvgIpc) is 3.07. The molecule has 0 radical (unpaired) electrons. The molecule has 0 bridgehead atoms. The maximum absolute atomic E-state index is 11.6. The molecule has 1 aromatic rings. The van der Waals surface area contributed by atoms with Gasteiger partial charge in [-0.2, -0.15) is 0 Å². The topological polar surface area (TPSA) is 73.8 Å². The Morgan fingerprint density at radius 2 is 2.15 bits per heavy atom. The van der Waals surface area contributed by atoms with Gasteiger partial charge in [0.1, 0.15) is 0 Å². The minimum atomic E-state index is -3.08. The zero-order valence-electron chi connectivity index (χ0n) is 16.1. The summed E-state index contributed by atoms with van der Waals surface area (Å²) in [5, 5.41) is 6.63. The van der Waals surface area contributed by atoms with Crippen LogP contribution in [0.3, 0.4) is 0 Å². The monoisotopic (exact) mass is 398 g/mol.